The predicted octanol–water partition coefficient (Wildman–Crippen LogP) is 5.27. The molecule has 13 nitrogen and oxygen atoms in total. The van der Waals surface area contributed by atoms with E-state index >= 15 is 4.79 Å². The number of carbonyl (C=O) groups excluding carboxylic acids is 1. The van der Waals surface area contributed by atoms with E-state index in [0.29, 0.717) is 24.8 Å². The molecule has 5 saturated carbocycles. The molecule has 0 aromatic carbocycles. The lowest BCUT2D eigenvalue weighted by Crippen LogP contribution is -2.68. The first-order chi connectivity index (χ1) is 29.0. The van der Waals surface area contributed by atoms with Crippen LogP contribution in [-0.2, 0) is 28.5 Å². The van der Waals surface area contributed by atoms with Crippen molar-refractivity contribution in [2.24, 2.45) is 56.2 Å². The van der Waals surface area contributed by atoms with E-state index in [0.717, 1.165) is 32.2 Å². The number of ketones is 1. The Morgan fingerprint density at radius 3 is 2.18 bits per heavy atom. The van der Waals surface area contributed by atoms with Crippen LogP contribution in [0.4, 0.5) is 0 Å². The van der Waals surface area contributed by atoms with Gasteiger partial charge in [-0.3, -0.25) is 4.79 Å². The summed E-state index contributed by atoms with van der Waals surface area (Å²) in [4.78, 5) is 27.5. The first-order valence-electron chi connectivity index (χ1n) is 24.2. The first-order valence-corrected chi connectivity index (χ1v) is 24.2. The van der Waals surface area contributed by atoms with E-state index in [9.17, 15) is 35.4 Å². The Morgan fingerprint density at radius 1 is 0.806 bits per heavy atom. The molecule has 0 spiro atoms. The Balaban J connectivity index is 1.04. The van der Waals surface area contributed by atoms with Crippen molar-refractivity contribution in [1.82, 2.24) is 5.32 Å². The number of nitrogens with one attached hydrogen (secondary N) is 1. The van der Waals surface area contributed by atoms with Crippen LogP contribution in [0, 0.1) is 56.2 Å². The Morgan fingerprint density at radius 2 is 1.50 bits per heavy atom. The van der Waals surface area contributed by atoms with Crippen molar-refractivity contribution in [2.45, 2.75) is 213 Å². The number of rotatable bonds is 9. The summed E-state index contributed by atoms with van der Waals surface area (Å²) in [7, 11) is 0. The number of hydrogen-bond acceptors (Lipinski definition) is 12. The van der Waals surface area contributed by atoms with Crippen LogP contribution in [0.2, 0.25) is 0 Å². The fourth-order valence-corrected chi connectivity index (χ4v) is 15.3. The van der Waals surface area contributed by atoms with E-state index in [-0.39, 0.29) is 44.7 Å². The van der Waals surface area contributed by atoms with Gasteiger partial charge in [-0.25, -0.2) is 4.79 Å². The predicted molar refractivity (Wildman–Crippen MR) is 229 cm³/mol. The summed E-state index contributed by atoms with van der Waals surface area (Å²) in [6, 6.07) is 0.623. The van der Waals surface area contributed by atoms with Gasteiger partial charge in [-0.2, -0.15) is 0 Å². The van der Waals surface area contributed by atoms with Gasteiger partial charge in [-0.05, 0) is 121 Å². The Hall–Kier alpha value is -1.52. The molecule has 6 aliphatic carbocycles. The quantitative estimate of drug-likeness (QED) is 0.148. The van der Waals surface area contributed by atoms with Crippen LogP contribution in [0.25, 0.3) is 0 Å². The fourth-order valence-electron chi connectivity index (χ4n) is 15.3. The Kier molecular flexibility index (Phi) is 12.6. The molecule has 2 aliphatic heterocycles. The first kappa shape index (κ1) is 47.0. The molecule has 0 aromatic rings. The minimum atomic E-state index is -1.89. The second-order valence-corrected chi connectivity index (χ2v) is 23.6. The number of fused-ring (bicyclic) bond motifs is 7. The number of carboxylic acid groups (broad SMARTS) is 1. The van der Waals surface area contributed by atoms with Crippen molar-refractivity contribution in [3.05, 3.63) is 11.6 Å². The van der Waals surface area contributed by atoms with Gasteiger partial charge in [0, 0.05) is 24.4 Å². The van der Waals surface area contributed by atoms with E-state index in [2.05, 4.69) is 59.9 Å². The van der Waals surface area contributed by atoms with Crippen molar-refractivity contribution < 1.29 is 59.2 Å². The standard InChI is InChI=1S/C49H79NO12/c1-26-34(53)31(24-51)59-42(35(26)54)62-39-37(56)36(55)38(41(57)58)61-43(39)60-33-15-16-47(6)32(44(33,2)3)14-17-49(8)40(47)30(52)22-28-29-23-45(4,25-50-27-12-10-9-11-13-27)18-19-46(29,5)20-21-48(28,49)7/h22,26-27,29,31-40,42-43,50-51,53-56H,9-21,23-25H2,1-8H3,(H,57,58)/t26-,29-,31+,32-,33-,34-,35+,36-,37-,38-,39+,40+,42-,43-,45-,46+,47-,48+,49+/m0/s1. The van der Waals surface area contributed by atoms with Crippen molar-refractivity contribution >= 4 is 11.8 Å². The highest BCUT2D eigenvalue weighted by atomic mass is 16.8. The number of carbonyl (C=O) groups is 2. The molecule has 0 radical (unpaired) electrons. The largest absolute Gasteiger partial charge is 0.479 e. The third-order valence-electron chi connectivity index (χ3n) is 19.6. The molecule has 8 rings (SSSR count). The summed E-state index contributed by atoms with van der Waals surface area (Å²) < 4.78 is 24.5. The Bertz CT molecular complexity index is 1720. The molecule has 7 N–H and O–H groups in total. The SMILES string of the molecule is C[C@@H]1[C@@H](O)[C@H](O[C@H]2[C@@H](O[C@H]3CC[C@]4(C)[C@H]5C(=O)C=C6[C@@H]7C[C@@](C)(CNC8CCCCC8)CC[C@]7(C)CC[C@@]6(C)[C@]5(C)CC[C@H]4C3(C)C)O[C@H](C(=O)O)[C@@H](O)[C@@H]2O)O[C@H](CO)[C@H]1O. The number of hydrogen-bond donors (Lipinski definition) is 7. The number of ether oxygens (including phenoxy) is 4. The van der Waals surface area contributed by atoms with E-state index in [1.54, 1.807) is 6.92 Å². The number of allylic oxidation sites excluding steroid dienone is 2. The highest BCUT2D eigenvalue weighted by Crippen LogP contribution is 2.75. The summed E-state index contributed by atoms with van der Waals surface area (Å²) in [6.45, 7) is 18.6. The van der Waals surface area contributed by atoms with Gasteiger partial charge < -0.3 is 54.9 Å². The van der Waals surface area contributed by atoms with Crippen molar-refractivity contribution in [3.8, 4) is 0 Å². The summed E-state index contributed by atoms with van der Waals surface area (Å²) in [6.07, 6.45) is 3.31. The van der Waals surface area contributed by atoms with Gasteiger partial charge in [0.25, 0.3) is 0 Å². The van der Waals surface area contributed by atoms with E-state index in [1.165, 1.54) is 56.9 Å². The number of aliphatic hydroxyl groups is 5. The number of aliphatic hydroxyl groups excluding tert-OH is 5. The average molecular weight is 874 g/mol. The van der Waals surface area contributed by atoms with Crippen LogP contribution in [-0.4, -0.2) is 123 Å². The molecule has 62 heavy (non-hydrogen) atoms. The van der Waals surface area contributed by atoms with Crippen LogP contribution in [0.15, 0.2) is 11.6 Å². The van der Waals surface area contributed by atoms with E-state index in [1.807, 2.05) is 0 Å². The van der Waals surface area contributed by atoms with Gasteiger partial charge in [0.2, 0.25) is 0 Å². The maximum absolute atomic E-state index is 15.2. The van der Waals surface area contributed by atoms with Gasteiger partial charge in [0.05, 0.1) is 18.8 Å². The zero-order chi connectivity index (χ0) is 44.9. The lowest BCUT2D eigenvalue weighted by molar-refractivity contribution is -0.371. The normalized spacial score (nSPS) is 51.9. The van der Waals surface area contributed by atoms with Gasteiger partial charge in [-0.1, -0.05) is 80.2 Å². The van der Waals surface area contributed by atoms with Crippen LogP contribution >= 0.6 is 0 Å². The van der Waals surface area contributed by atoms with E-state index in [4.69, 9.17) is 18.9 Å². The third kappa shape index (κ3) is 7.50. The minimum Gasteiger partial charge on any atom is -0.479 e. The highest BCUT2D eigenvalue weighted by molar-refractivity contribution is 5.95. The summed E-state index contributed by atoms with van der Waals surface area (Å²) >= 11 is 0. The lowest BCUT2D eigenvalue weighted by Gasteiger charge is -2.70. The molecular weight excluding hydrogens is 795 g/mol. The monoisotopic (exact) mass is 874 g/mol. The Labute approximate surface area is 369 Å². The van der Waals surface area contributed by atoms with Crippen molar-refractivity contribution in [2.75, 3.05) is 13.2 Å². The van der Waals surface area contributed by atoms with Crippen LogP contribution in [0.3, 0.4) is 0 Å². The molecule has 0 aromatic heterocycles. The van der Waals surface area contributed by atoms with E-state index < -0.39 is 85.3 Å². The second-order valence-electron chi connectivity index (χ2n) is 23.6. The molecule has 0 amide bonds. The van der Waals surface area contributed by atoms with Crippen molar-refractivity contribution in [1.29, 1.82) is 0 Å². The topological polar surface area (TPSA) is 204 Å². The van der Waals surface area contributed by atoms with Crippen LogP contribution in [0.5, 0.6) is 0 Å². The number of carboxylic acids is 1. The molecular formula is C49H79NO12. The van der Waals surface area contributed by atoms with Gasteiger partial charge in [-0.15, -0.1) is 0 Å². The highest BCUT2D eigenvalue weighted by Gasteiger charge is 2.70. The van der Waals surface area contributed by atoms with Gasteiger partial charge in [0.1, 0.15) is 30.5 Å². The number of aliphatic carboxylic acids is 1. The molecule has 19 atom stereocenters. The molecule has 7 fully saturated rings. The van der Waals surface area contributed by atoms with Gasteiger partial charge >= 0.3 is 5.97 Å². The summed E-state index contributed by atoms with van der Waals surface area (Å²) in [5, 5.41) is 67.8. The molecule has 8 aliphatic rings. The molecule has 0 unspecified atom stereocenters. The van der Waals surface area contributed by atoms with Crippen LogP contribution < -0.4 is 5.32 Å². The van der Waals surface area contributed by atoms with Gasteiger partial charge in [0.15, 0.2) is 24.5 Å². The zero-order valence-corrected chi connectivity index (χ0v) is 38.7. The fraction of sp³-hybridized carbons (Fsp3) is 0.918. The molecule has 352 valence electrons. The summed E-state index contributed by atoms with van der Waals surface area (Å²) in [5.41, 5.74) is 0.520. The average Bonchev–Trinajstić information content (AvgIpc) is 3.22. The van der Waals surface area contributed by atoms with Crippen LogP contribution in [0.1, 0.15) is 145 Å². The molecule has 2 heterocycles. The third-order valence-corrected chi connectivity index (χ3v) is 19.6. The zero-order valence-electron chi connectivity index (χ0n) is 38.7. The molecule has 0 bridgehead atoms. The smallest absolute Gasteiger partial charge is 0.335 e. The second kappa shape index (κ2) is 16.7. The minimum absolute atomic E-state index is 0.0527. The van der Waals surface area contributed by atoms with Crippen molar-refractivity contribution in [3.63, 3.8) is 0 Å². The maximum atomic E-state index is 15.2. The lowest BCUT2D eigenvalue weighted by atomic mass is 9.33. The molecule has 2 saturated heterocycles. The summed E-state index contributed by atoms with van der Waals surface area (Å²) in [5.74, 6) is -1.76. The maximum Gasteiger partial charge on any atom is 0.335 e. The molecule has 13 heteroatoms.